The van der Waals surface area contributed by atoms with Crippen LogP contribution in [0, 0.1) is 5.92 Å². The molecule has 0 saturated heterocycles. The van der Waals surface area contributed by atoms with Gasteiger partial charge in [0.25, 0.3) is 0 Å². The van der Waals surface area contributed by atoms with Crippen LogP contribution in [0.4, 0.5) is 0 Å². The Hall–Kier alpha value is -0.720. The Morgan fingerprint density at radius 3 is 2.47 bits per heavy atom. The molecule has 1 heteroatoms. The van der Waals surface area contributed by atoms with E-state index in [9.17, 15) is 0 Å². The first-order valence-corrected chi connectivity index (χ1v) is 8.29. The van der Waals surface area contributed by atoms with Gasteiger partial charge in [-0.1, -0.05) is 65.0 Å². The van der Waals surface area contributed by atoms with Gasteiger partial charge in [0.1, 0.15) is 0 Å². The molecule has 0 fully saturated rings. The molecule has 0 saturated carbocycles. The van der Waals surface area contributed by atoms with E-state index in [-0.39, 0.29) is 0 Å². The Kier molecular flexibility index (Phi) is 7.93. The Balaban J connectivity index is 2.01. The lowest BCUT2D eigenvalue weighted by Gasteiger charge is -2.25. The number of unbranched alkanes of at least 4 members (excludes halogenated alkanes) is 4. The minimum atomic E-state index is 0.553. The molecule has 0 amide bonds. The largest absolute Gasteiger partial charge is 0.366 e. The average molecular weight is 263 g/mol. The second-order valence-electron chi connectivity index (χ2n) is 6.23. The summed E-state index contributed by atoms with van der Waals surface area (Å²) in [4.78, 5) is 2.42. The molecule has 2 atom stereocenters. The first-order chi connectivity index (χ1) is 9.15. The van der Waals surface area contributed by atoms with E-state index in [4.69, 9.17) is 0 Å². The van der Waals surface area contributed by atoms with Crippen molar-refractivity contribution in [3.05, 3.63) is 24.4 Å². The molecule has 1 aliphatic rings. The summed E-state index contributed by atoms with van der Waals surface area (Å²) >= 11 is 0. The summed E-state index contributed by atoms with van der Waals surface area (Å²) in [5, 5.41) is 0. The maximum absolute atomic E-state index is 4.10. The molecule has 0 aliphatic carbocycles. The zero-order chi connectivity index (χ0) is 14.1. The predicted molar refractivity (Wildman–Crippen MR) is 86.2 cm³/mol. The Morgan fingerprint density at radius 1 is 1.16 bits per heavy atom. The summed E-state index contributed by atoms with van der Waals surface area (Å²) in [6.45, 7) is 12.2. The topological polar surface area (TPSA) is 3.24 Å². The molecule has 0 aromatic carbocycles. The lowest BCUT2D eigenvalue weighted by molar-refractivity contribution is 0.310. The van der Waals surface area contributed by atoms with E-state index in [0.717, 1.165) is 5.92 Å². The average Bonchev–Trinajstić information content (AvgIpc) is 2.70. The van der Waals surface area contributed by atoms with Crippen molar-refractivity contribution in [3.8, 4) is 0 Å². The van der Waals surface area contributed by atoms with Gasteiger partial charge in [-0.15, -0.1) is 0 Å². The smallest absolute Gasteiger partial charge is 0.0448 e. The van der Waals surface area contributed by atoms with E-state index in [1.807, 2.05) is 0 Å². The summed E-state index contributed by atoms with van der Waals surface area (Å²) in [7, 11) is 0. The third kappa shape index (κ3) is 6.31. The van der Waals surface area contributed by atoms with E-state index in [1.54, 1.807) is 0 Å². The maximum Gasteiger partial charge on any atom is 0.0448 e. The molecule has 1 heterocycles. The van der Waals surface area contributed by atoms with E-state index < -0.39 is 0 Å². The molecule has 1 rings (SSSR count). The summed E-state index contributed by atoms with van der Waals surface area (Å²) in [5.74, 6) is 0.890. The first kappa shape index (κ1) is 16.3. The number of nitrogens with zero attached hydrogens (tertiary/aromatic N) is 1. The van der Waals surface area contributed by atoms with Gasteiger partial charge in [0.2, 0.25) is 0 Å². The molecule has 0 N–H and O–H groups in total. The lowest BCUT2D eigenvalue weighted by Crippen LogP contribution is -2.27. The molecular weight excluding hydrogens is 230 g/mol. The van der Waals surface area contributed by atoms with Crippen LogP contribution in [-0.2, 0) is 0 Å². The Bertz CT molecular complexity index is 279. The number of allylic oxidation sites excluding steroid dienone is 1. The van der Waals surface area contributed by atoms with Crippen LogP contribution < -0.4 is 0 Å². The molecule has 0 spiro atoms. The van der Waals surface area contributed by atoms with E-state index in [0.29, 0.717) is 6.04 Å². The fourth-order valence-corrected chi connectivity index (χ4v) is 2.91. The van der Waals surface area contributed by atoms with Crippen molar-refractivity contribution in [2.24, 2.45) is 5.92 Å². The highest BCUT2D eigenvalue weighted by Gasteiger charge is 2.16. The van der Waals surface area contributed by atoms with Gasteiger partial charge in [-0.25, -0.2) is 0 Å². The van der Waals surface area contributed by atoms with Gasteiger partial charge in [0, 0.05) is 18.3 Å². The highest BCUT2D eigenvalue weighted by Crippen LogP contribution is 2.21. The molecular formula is C18H33N. The molecule has 110 valence electrons. The van der Waals surface area contributed by atoms with Crippen molar-refractivity contribution in [2.75, 3.05) is 6.54 Å². The zero-order valence-electron chi connectivity index (χ0n) is 13.3. The van der Waals surface area contributed by atoms with Crippen LogP contribution in [0.15, 0.2) is 24.4 Å². The standard InChI is InChI=1S/C18H33N/c1-5-6-7-8-9-11-16(2)12-10-15-19-17(3)13-14-18(19)4/h13-14,16,18H,3,5-12,15H2,1-2,4H3. The van der Waals surface area contributed by atoms with Crippen LogP contribution in [0.3, 0.4) is 0 Å². The van der Waals surface area contributed by atoms with Crippen molar-refractivity contribution in [1.29, 1.82) is 0 Å². The summed E-state index contributed by atoms with van der Waals surface area (Å²) in [5.41, 5.74) is 1.19. The minimum Gasteiger partial charge on any atom is -0.366 e. The normalized spacial score (nSPS) is 20.3. The quantitative estimate of drug-likeness (QED) is 0.468. The third-order valence-corrected chi connectivity index (χ3v) is 4.32. The van der Waals surface area contributed by atoms with Crippen molar-refractivity contribution in [3.63, 3.8) is 0 Å². The molecule has 0 radical (unpaired) electrons. The fraction of sp³-hybridized carbons (Fsp3) is 0.778. The van der Waals surface area contributed by atoms with Gasteiger partial charge in [0.15, 0.2) is 0 Å². The number of hydrogen-bond acceptors (Lipinski definition) is 1. The number of rotatable bonds is 10. The van der Waals surface area contributed by atoms with E-state index in [1.165, 1.54) is 63.6 Å². The van der Waals surface area contributed by atoms with Gasteiger partial charge in [-0.05, 0) is 31.8 Å². The maximum atomic E-state index is 4.10. The SMILES string of the molecule is C=C1C=CC(C)N1CCCC(C)CCCCCCC. The monoisotopic (exact) mass is 263 g/mol. The molecule has 19 heavy (non-hydrogen) atoms. The van der Waals surface area contributed by atoms with Crippen LogP contribution >= 0.6 is 0 Å². The van der Waals surface area contributed by atoms with Crippen molar-refractivity contribution in [2.45, 2.75) is 78.2 Å². The summed E-state index contributed by atoms with van der Waals surface area (Å²) < 4.78 is 0. The zero-order valence-corrected chi connectivity index (χ0v) is 13.3. The molecule has 2 unspecified atom stereocenters. The summed E-state index contributed by atoms with van der Waals surface area (Å²) in [6, 6.07) is 0.553. The third-order valence-electron chi connectivity index (χ3n) is 4.32. The molecule has 1 nitrogen and oxygen atoms in total. The van der Waals surface area contributed by atoms with Gasteiger partial charge >= 0.3 is 0 Å². The van der Waals surface area contributed by atoms with Gasteiger partial charge in [0.05, 0.1) is 0 Å². The van der Waals surface area contributed by atoms with Crippen molar-refractivity contribution >= 4 is 0 Å². The Labute approximate surface area is 120 Å². The molecule has 0 aromatic heterocycles. The second kappa shape index (κ2) is 9.23. The second-order valence-corrected chi connectivity index (χ2v) is 6.23. The molecule has 1 aliphatic heterocycles. The van der Waals surface area contributed by atoms with Gasteiger partial charge < -0.3 is 4.90 Å². The molecule has 0 bridgehead atoms. The minimum absolute atomic E-state index is 0.553. The van der Waals surface area contributed by atoms with Gasteiger partial charge in [-0.2, -0.15) is 0 Å². The van der Waals surface area contributed by atoms with Crippen molar-refractivity contribution in [1.82, 2.24) is 4.90 Å². The summed E-state index contributed by atoms with van der Waals surface area (Å²) in [6.07, 6.45) is 15.5. The van der Waals surface area contributed by atoms with Crippen LogP contribution in [0.5, 0.6) is 0 Å². The number of hydrogen-bond donors (Lipinski definition) is 0. The van der Waals surface area contributed by atoms with Crippen LogP contribution in [-0.4, -0.2) is 17.5 Å². The highest BCUT2D eigenvalue weighted by atomic mass is 15.2. The van der Waals surface area contributed by atoms with Crippen LogP contribution in [0.1, 0.15) is 72.1 Å². The van der Waals surface area contributed by atoms with E-state index in [2.05, 4.69) is 44.4 Å². The lowest BCUT2D eigenvalue weighted by atomic mass is 9.97. The van der Waals surface area contributed by atoms with E-state index >= 15 is 0 Å². The first-order valence-electron chi connectivity index (χ1n) is 8.29. The van der Waals surface area contributed by atoms with Crippen LogP contribution in [0.25, 0.3) is 0 Å². The molecule has 0 aromatic rings. The fourth-order valence-electron chi connectivity index (χ4n) is 2.91. The predicted octanol–water partition coefficient (Wildman–Crippen LogP) is 5.54. The van der Waals surface area contributed by atoms with Crippen molar-refractivity contribution < 1.29 is 0 Å². The highest BCUT2D eigenvalue weighted by molar-refractivity contribution is 5.23. The van der Waals surface area contributed by atoms with Crippen LogP contribution in [0.2, 0.25) is 0 Å². The van der Waals surface area contributed by atoms with Gasteiger partial charge in [-0.3, -0.25) is 0 Å². The Morgan fingerprint density at radius 2 is 1.84 bits per heavy atom.